The van der Waals surface area contributed by atoms with Crippen LogP contribution in [0.3, 0.4) is 0 Å². The van der Waals surface area contributed by atoms with E-state index in [4.69, 9.17) is 0 Å². The van der Waals surface area contributed by atoms with Gasteiger partial charge in [0.2, 0.25) is 0 Å². The summed E-state index contributed by atoms with van der Waals surface area (Å²) < 4.78 is 0. The number of likely N-dealkylation sites (N-methyl/N-ethyl adjacent to an activating group) is 1. The first kappa shape index (κ1) is 13.5. The van der Waals surface area contributed by atoms with E-state index in [2.05, 4.69) is 48.3 Å². The van der Waals surface area contributed by atoms with Gasteiger partial charge in [0.05, 0.1) is 6.04 Å². The molecule has 1 unspecified atom stereocenters. The predicted molar refractivity (Wildman–Crippen MR) is 76.0 cm³/mol. The lowest BCUT2D eigenvalue weighted by atomic mass is 9.94. The standard InChI is InChI=1S/C16H21N/c1-5-6-12-15(13(2)3)16(17-4)14-10-8-7-9-11-14/h5-12,16-17H,2H2,1,3-4H3/b6-5+,15-12+. The monoisotopic (exact) mass is 227 g/mol. The molecule has 1 rings (SSSR count). The van der Waals surface area contributed by atoms with Gasteiger partial charge in [0, 0.05) is 0 Å². The van der Waals surface area contributed by atoms with E-state index in [1.54, 1.807) is 0 Å². The van der Waals surface area contributed by atoms with Crippen molar-refractivity contribution in [2.75, 3.05) is 7.05 Å². The Hall–Kier alpha value is -1.60. The Morgan fingerprint density at radius 1 is 1.29 bits per heavy atom. The molecular weight excluding hydrogens is 206 g/mol. The maximum atomic E-state index is 4.06. The fourth-order valence-electron chi connectivity index (χ4n) is 1.83. The van der Waals surface area contributed by atoms with Gasteiger partial charge in [-0.2, -0.15) is 0 Å². The van der Waals surface area contributed by atoms with Crippen molar-refractivity contribution in [3.8, 4) is 0 Å². The molecule has 17 heavy (non-hydrogen) atoms. The van der Waals surface area contributed by atoms with Crippen molar-refractivity contribution >= 4 is 0 Å². The average Bonchev–Trinajstić information content (AvgIpc) is 2.35. The third kappa shape index (κ3) is 3.72. The van der Waals surface area contributed by atoms with Crippen LogP contribution in [0.15, 0.2) is 66.3 Å². The second-order valence-corrected chi connectivity index (χ2v) is 4.06. The minimum absolute atomic E-state index is 0.199. The summed E-state index contributed by atoms with van der Waals surface area (Å²) in [6.45, 7) is 8.12. The maximum absolute atomic E-state index is 4.06. The highest BCUT2D eigenvalue weighted by Gasteiger charge is 2.13. The van der Waals surface area contributed by atoms with Crippen LogP contribution in [0.4, 0.5) is 0 Å². The lowest BCUT2D eigenvalue weighted by Crippen LogP contribution is -2.19. The number of hydrogen-bond donors (Lipinski definition) is 1. The fourth-order valence-corrected chi connectivity index (χ4v) is 1.83. The summed E-state index contributed by atoms with van der Waals surface area (Å²) in [6, 6.07) is 10.6. The van der Waals surface area contributed by atoms with Crippen LogP contribution in [0.1, 0.15) is 25.5 Å². The van der Waals surface area contributed by atoms with E-state index in [-0.39, 0.29) is 6.04 Å². The van der Waals surface area contributed by atoms with Crippen molar-refractivity contribution < 1.29 is 0 Å². The zero-order valence-corrected chi connectivity index (χ0v) is 10.9. The first-order valence-electron chi connectivity index (χ1n) is 5.91. The Morgan fingerprint density at radius 3 is 2.41 bits per heavy atom. The molecule has 1 N–H and O–H groups in total. The van der Waals surface area contributed by atoms with Crippen molar-refractivity contribution in [1.82, 2.24) is 5.32 Å². The van der Waals surface area contributed by atoms with Crippen LogP contribution in [0.2, 0.25) is 0 Å². The lowest BCUT2D eigenvalue weighted by Gasteiger charge is -2.20. The summed E-state index contributed by atoms with van der Waals surface area (Å²) in [4.78, 5) is 0. The molecule has 0 radical (unpaired) electrons. The second-order valence-electron chi connectivity index (χ2n) is 4.06. The minimum Gasteiger partial charge on any atom is -0.309 e. The Labute approximate surface area is 105 Å². The Balaban J connectivity index is 3.11. The molecule has 90 valence electrons. The maximum Gasteiger partial charge on any atom is 0.0576 e. The highest BCUT2D eigenvalue weighted by atomic mass is 14.9. The van der Waals surface area contributed by atoms with Crippen molar-refractivity contribution in [3.05, 3.63) is 71.8 Å². The smallest absolute Gasteiger partial charge is 0.0576 e. The summed E-state index contributed by atoms with van der Waals surface area (Å²) in [5.41, 5.74) is 3.57. The number of rotatable bonds is 5. The van der Waals surface area contributed by atoms with E-state index in [1.165, 1.54) is 11.1 Å². The van der Waals surface area contributed by atoms with E-state index < -0.39 is 0 Å². The Bertz CT molecular complexity index is 412. The number of benzene rings is 1. The average molecular weight is 227 g/mol. The predicted octanol–water partition coefficient (Wildman–Crippen LogP) is 4.03. The molecule has 0 aliphatic heterocycles. The molecule has 1 atom stereocenters. The molecule has 0 aliphatic rings. The highest BCUT2D eigenvalue weighted by Crippen LogP contribution is 2.26. The molecule has 0 heterocycles. The molecule has 0 aromatic heterocycles. The molecule has 0 fully saturated rings. The van der Waals surface area contributed by atoms with Crippen molar-refractivity contribution in [3.63, 3.8) is 0 Å². The van der Waals surface area contributed by atoms with Gasteiger partial charge >= 0.3 is 0 Å². The van der Waals surface area contributed by atoms with Crippen LogP contribution in [0.5, 0.6) is 0 Å². The first-order valence-corrected chi connectivity index (χ1v) is 5.91. The van der Waals surface area contributed by atoms with Gasteiger partial charge in [-0.15, -0.1) is 0 Å². The summed E-state index contributed by atoms with van der Waals surface area (Å²) in [5, 5.41) is 3.35. The largest absolute Gasteiger partial charge is 0.309 e. The third-order valence-corrected chi connectivity index (χ3v) is 2.69. The molecule has 0 spiro atoms. The van der Waals surface area contributed by atoms with Gasteiger partial charge < -0.3 is 5.32 Å². The molecule has 0 bridgehead atoms. The van der Waals surface area contributed by atoms with Gasteiger partial charge in [0.25, 0.3) is 0 Å². The third-order valence-electron chi connectivity index (χ3n) is 2.69. The number of nitrogens with one attached hydrogen (secondary N) is 1. The normalized spacial score (nSPS) is 13.9. The molecule has 1 aromatic carbocycles. The quantitative estimate of drug-likeness (QED) is 0.749. The van der Waals surface area contributed by atoms with E-state index in [9.17, 15) is 0 Å². The van der Waals surface area contributed by atoms with Crippen LogP contribution >= 0.6 is 0 Å². The van der Waals surface area contributed by atoms with E-state index in [0.29, 0.717) is 0 Å². The molecule has 1 heteroatoms. The summed E-state index contributed by atoms with van der Waals surface area (Å²) >= 11 is 0. The fraction of sp³-hybridized carbons (Fsp3) is 0.250. The molecule has 0 saturated heterocycles. The topological polar surface area (TPSA) is 12.0 Å². The Morgan fingerprint density at radius 2 is 1.94 bits per heavy atom. The van der Waals surface area contributed by atoms with Crippen molar-refractivity contribution in [2.45, 2.75) is 19.9 Å². The van der Waals surface area contributed by atoms with Crippen LogP contribution < -0.4 is 5.32 Å². The summed E-state index contributed by atoms with van der Waals surface area (Å²) in [7, 11) is 1.98. The number of allylic oxidation sites excluding steroid dienone is 3. The second kappa shape index (κ2) is 6.87. The molecular formula is C16H21N. The van der Waals surface area contributed by atoms with Crippen molar-refractivity contribution in [1.29, 1.82) is 0 Å². The van der Waals surface area contributed by atoms with E-state index in [0.717, 1.165) is 5.57 Å². The van der Waals surface area contributed by atoms with Gasteiger partial charge in [-0.05, 0) is 32.0 Å². The zero-order valence-electron chi connectivity index (χ0n) is 10.9. The van der Waals surface area contributed by atoms with Gasteiger partial charge in [-0.1, -0.05) is 60.7 Å². The zero-order chi connectivity index (χ0) is 12.7. The molecule has 1 aromatic rings. The molecule has 0 amide bonds. The van der Waals surface area contributed by atoms with Gasteiger partial charge in [0.1, 0.15) is 0 Å². The van der Waals surface area contributed by atoms with Crippen LogP contribution in [-0.4, -0.2) is 7.05 Å². The highest BCUT2D eigenvalue weighted by molar-refractivity contribution is 5.40. The van der Waals surface area contributed by atoms with Crippen LogP contribution in [0.25, 0.3) is 0 Å². The van der Waals surface area contributed by atoms with Crippen LogP contribution in [-0.2, 0) is 0 Å². The summed E-state index contributed by atoms with van der Waals surface area (Å²) in [5.74, 6) is 0. The van der Waals surface area contributed by atoms with Gasteiger partial charge in [0.15, 0.2) is 0 Å². The molecule has 0 saturated carbocycles. The van der Waals surface area contributed by atoms with E-state index in [1.807, 2.05) is 33.0 Å². The van der Waals surface area contributed by atoms with E-state index >= 15 is 0 Å². The summed E-state index contributed by atoms with van der Waals surface area (Å²) in [6.07, 6.45) is 6.20. The Kier molecular flexibility index (Phi) is 5.44. The minimum atomic E-state index is 0.199. The molecule has 1 nitrogen and oxygen atoms in total. The number of hydrogen-bond acceptors (Lipinski definition) is 1. The van der Waals surface area contributed by atoms with Gasteiger partial charge in [-0.3, -0.25) is 0 Å². The van der Waals surface area contributed by atoms with Crippen LogP contribution in [0, 0.1) is 0 Å². The lowest BCUT2D eigenvalue weighted by molar-refractivity contribution is 0.683. The first-order chi connectivity index (χ1) is 8.20. The van der Waals surface area contributed by atoms with Crippen molar-refractivity contribution in [2.24, 2.45) is 0 Å². The van der Waals surface area contributed by atoms with Gasteiger partial charge in [-0.25, -0.2) is 0 Å². The molecule has 0 aliphatic carbocycles. The SMILES string of the molecule is C=C(C)/C(=C\C=C\C)C(NC)c1ccccc1.